The van der Waals surface area contributed by atoms with E-state index < -0.39 is 41.7 Å². The van der Waals surface area contributed by atoms with Crippen molar-refractivity contribution in [3.8, 4) is 0 Å². The summed E-state index contributed by atoms with van der Waals surface area (Å²) in [6.07, 6.45) is 5.72. The molecule has 1 aromatic rings. The summed E-state index contributed by atoms with van der Waals surface area (Å²) in [4.78, 5) is 63.9. The minimum absolute atomic E-state index is 0.0380. The quantitative estimate of drug-likeness (QED) is 0.513. The number of hydrogen-bond donors (Lipinski definition) is 0. The summed E-state index contributed by atoms with van der Waals surface area (Å²) in [6.45, 7) is 0.594. The number of allylic oxidation sites excluding steroid dienone is 2. The number of piperidine rings is 1. The van der Waals surface area contributed by atoms with Crippen LogP contribution in [0.1, 0.15) is 24.8 Å². The molecule has 6 atom stereocenters. The molecule has 32 heavy (non-hydrogen) atoms. The largest absolute Gasteiger partial charge is 0.355 e. The van der Waals surface area contributed by atoms with Gasteiger partial charge in [-0.2, -0.15) is 5.06 Å². The molecule has 166 valence electrons. The predicted molar refractivity (Wildman–Crippen MR) is 108 cm³/mol. The highest BCUT2D eigenvalue weighted by Crippen LogP contribution is 2.52. The third kappa shape index (κ3) is 2.80. The van der Waals surface area contributed by atoms with E-state index in [0.29, 0.717) is 24.4 Å². The third-order valence-electron chi connectivity index (χ3n) is 7.42. The van der Waals surface area contributed by atoms with Crippen LogP contribution in [0.2, 0.25) is 0 Å². The topological polar surface area (TPSA) is 96.5 Å². The van der Waals surface area contributed by atoms with E-state index in [1.807, 2.05) is 42.5 Å². The van der Waals surface area contributed by atoms with Crippen molar-refractivity contribution in [2.24, 2.45) is 23.7 Å². The Labute approximate surface area is 184 Å². The maximum absolute atomic E-state index is 12.9. The van der Waals surface area contributed by atoms with Crippen LogP contribution in [-0.2, 0) is 30.7 Å². The Balaban J connectivity index is 1.11. The Morgan fingerprint density at radius 3 is 2.34 bits per heavy atom. The number of amides is 4. The van der Waals surface area contributed by atoms with Gasteiger partial charge in [-0.05, 0) is 36.7 Å². The Morgan fingerprint density at radius 2 is 1.66 bits per heavy atom. The molecule has 1 saturated carbocycles. The fourth-order valence-electron chi connectivity index (χ4n) is 5.88. The number of hydrogen-bond acceptors (Lipinski definition) is 6. The molecule has 5 aliphatic rings. The first-order chi connectivity index (χ1) is 15.5. The number of urea groups is 1. The number of hydroxylamine groups is 4. The minimum atomic E-state index is -0.847. The van der Waals surface area contributed by atoms with Crippen LogP contribution in [0.4, 0.5) is 4.79 Å². The number of benzene rings is 1. The second-order valence-electron chi connectivity index (χ2n) is 9.15. The minimum Gasteiger partial charge on any atom is -0.328 e. The summed E-state index contributed by atoms with van der Waals surface area (Å²) >= 11 is 0. The molecule has 9 heteroatoms. The van der Waals surface area contributed by atoms with E-state index in [9.17, 15) is 19.2 Å². The van der Waals surface area contributed by atoms with E-state index in [0.717, 1.165) is 12.0 Å². The number of rotatable bonds is 5. The number of imide groups is 1. The van der Waals surface area contributed by atoms with Crippen molar-refractivity contribution in [1.82, 2.24) is 15.0 Å². The van der Waals surface area contributed by atoms with Gasteiger partial charge in [0.1, 0.15) is 12.6 Å². The van der Waals surface area contributed by atoms with Crippen molar-refractivity contribution in [2.45, 2.75) is 38.0 Å². The molecular weight excluding hydrogens is 414 g/mol. The average molecular weight is 437 g/mol. The molecule has 3 saturated heterocycles. The molecule has 4 fully saturated rings. The first-order valence-electron chi connectivity index (χ1n) is 11.1. The summed E-state index contributed by atoms with van der Waals surface area (Å²) in [6, 6.07) is 8.13. The number of carbonyl (C=O) groups is 4. The van der Waals surface area contributed by atoms with Crippen LogP contribution in [0.15, 0.2) is 42.5 Å². The highest BCUT2D eigenvalue weighted by Gasteiger charge is 2.61. The smallest absolute Gasteiger partial charge is 0.328 e. The Kier molecular flexibility index (Phi) is 4.36. The van der Waals surface area contributed by atoms with Gasteiger partial charge in [-0.25, -0.2) is 9.59 Å². The standard InChI is InChI=1S/C23H23N3O6/c27-20-18-14-6-7-15(10-14)19(18)21(28)26(20)32-22(29)17-9-8-16-11-24(17)23(30)25(16)31-12-13-4-2-1-3-5-13/h1-7,14-19H,8-12H2/t14-,15-,16-,17+,18?,19?/m1/s1. The molecule has 0 aromatic heterocycles. The maximum Gasteiger partial charge on any atom is 0.355 e. The van der Waals surface area contributed by atoms with E-state index in [1.165, 1.54) is 9.96 Å². The highest BCUT2D eigenvalue weighted by atomic mass is 16.7. The van der Waals surface area contributed by atoms with Gasteiger partial charge in [0.25, 0.3) is 11.8 Å². The van der Waals surface area contributed by atoms with E-state index in [1.54, 1.807) is 0 Å². The molecule has 1 aromatic carbocycles. The zero-order valence-corrected chi connectivity index (χ0v) is 17.3. The van der Waals surface area contributed by atoms with Crippen molar-refractivity contribution in [3.63, 3.8) is 0 Å². The van der Waals surface area contributed by atoms with Crippen LogP contribution in [0, 0.1) is 23.7 Å². The van der Waals surface area contributed by atoms with Crippen molar-refractivity contribution in [3.05, 3.63) is 48.0 Å². The van der Waals surface area contributed by atoms with Gasteiger partial charge in [0.05, 0.1) is 17.9 Å². The second-order valence-corrected chi connectivity index (χ2v) is 9.15. The van der Waals surface area contributed by atoms with Crippen molar-refractivity contribution >= 4 is 23.8 Å². The summed E-state index contributed by atoms with van der Waals surface area (Å²) in [5.74, 6) is -2.43. The molecule has 6 rings (SSSR count). The molecule has 9 nitrogen and oxygen atoms in total. The van der Waals surface area contributed by atoms with Crippen LogP contribution >= 0.6 is 0 Å². The summed E-state index contributed by atoms with van der Waals surface area (Å²) < 4.78 is 0. The first-order valence-corrected chi connectivity index (χ1v) is 11.1. The zero-order chi connectivity index (χ0) is 22.0. The number of fused-ring (bicyclic) bond motifs is 7. The molecule has 3 heterocycles. The van der Waals surface area contributed by atoms with E-state index >= 15 is 0 Å². The molecule has 2 unspecified atom stereocenters. The fraction of sp³-hybridized carbons (Fsp3) is 0.478. The van der Waals surface area contributed by atoms with Gasteiger partial charge < -0.3 is 9.74 Å². The molecular formula is C23H23N3O6. The monoisotopic (exact) mass is 437 g/mol. The molecule has 4 bridgehead atoms. The number of carbonyl (C=O) groups excluding carboxylic acids is 4. The lowest BCUT2D eigenvalue weighted by molar-refractivity contribution is -0.202. The lowest BCUT2D eigenvalue weighted by Crippen LogP contribution is -2.48. The van der Waals surface area contributed by atoms with Gasteiger partial charge in [-0.1, -0.05) is 42.5 Å². The molecule has 0 spiro atoms. The van der Waals surface area contributed by atoms with Crippen molar-refractivity contribution < 1.29 is 28.9 Å². The first kappa shape index (κ1) is 19.5. The van der Waals surface area contributed by atoms with E-state index in [2.05, 4.69) is 0 Å². The van der Waals surface area contributed by atoms with Crippen LogP contribution in [0.5, 0.6) is 0 Å². The van der Waals surface area contributed by atoms with Crippen LogP contribution in [-0.4, -0.2) is 57.5 Å². The molecule has 0 radical (unpaired) electrons. The average Bonchev–Trinajstić information content (AvgIpc) is 3.54. The van der Waals surface area contributed by atoms with Gasteiger partial charge >= 0.3 is 12.0 Å². The Morgan fingerprint density at radius 1 is 0.969 bits per heavy atom. The van der Waals surface area contributed by atoms with E-state index in [-0.39, 0.29) is 24.5 Å². The number of nitrogens with zero attached hydrogens (tertiary/aromatic N) is 3. The molecule has 2 aliphatic carbocycles. The normalized spacial score (nSPS) is 34.6. The Hall–Kier alpha value is -3.20. The summed E-state index contributed by atoms with van der Waals surface area (Å²) in [5.41, 5.74) is 0.938. The van der Waals surface area contributed by atoms with Crippen LogP contribution in [0.25, 0.3) is 0 Å². The lowest BCUT2D eigenvalue weighted by atomic mass is 9.85. The fourth-order valence-corrected chi connectivity index (χ4v) is 5.88. The predicted octanol–water partition coefficient (Wildman–Crippen LogP) is 1.65. The van der Waals surface area contributed by atoms with Gasteiger partial charge in [-0.3, -0.25) is 14.4 Å². The Bertz CT molecular complexity index is 996. The van der Waals surface area contributed by atoms with Crippen LogP contribution in [0.3, 0.4) is 0 Å². The zero-order valence-electron chi connectivity index (χ0n) is 17.3. The van der Waals surface area contributed by atoms with Crippen molar-refractivity contribution in [1.29, 1.82) is 0 Å². The highest BCUT2D eigenvalue weighted by molar-refractivity contribution is 6.06. The summed E-state index contributed by atoms with van der Waals surface area (Å²) in [5, 5.41) is 1.99. The molecule has 0 N–H and O–H groups in total. The third-order valence-corrected chi connectivity index (χ3v) is 7.42. The molecule has 4 amide bonds. The van der Waals surface area contributed by atoms with Crippen LogP contribution < -0.4 is 0 Å². The summed E-state index contributed by atoms with van der Waals surface area (Å²) in [7, 11) is 0. The lowest BCUT2D eigenvalue weighted by Gasteiger charge is -2.29. The maximum atomic E-state index is 12.9. The SMILES string of the molecule is O=C(ON1C(=O)C2C(C1=O)[C@@H]1C=C[C@@H]2C1)[C@@H]1CC[C@@H]2CN1C(=O)N2OCc1ccccc1. The second kappa shape index (κ2) is 7.16. The van der Waals surface area contributed by atoms with E-state index in [4.69, 9.17) is 9.68 Å². The van der Waals surface area contributed by atoms with Gasteiger partial charge in [0.15, 0.2) is 0 Å². The van der Waals surface area contributed by atoms with Gasteiger partial charge in [0, 0.05) is 6.54 Å². The van der Waals surface area contributed by atoms with Gasteiger partial charge in [0.2, 0.25) is 0 Å². The molecule has 3 aliphatic heterocycles. The van der Waals surface area contributed by atoms with Gasteiger partial charge in [-0.15, -0.1) is 5.06 Å². The van der Waals surface area contributed by atoms with Crippen molar-refractivity contribution in [2.75, 3.05) is 6.54 Å².